The lowest BCUT2D eigenvalue weighted by molar-refractivity contribution is 0.0698. The zero-order valence-corrected chi connectivity index (χ0v) is 12.4. The number of rotatable bonds is 4. The summed E-state index contributed by atoms with van der Waals surface area (Å²) in [6, 6.07) is 12.9. The molecule has 120 valence electrons. The van der Waals surface area contributed by atoms with Gasteiger partial charge in [0.2, 0.25) is 0 Å². The molecule has 0 atom stereocenters. The predicted octanol–water partition coefficient (Wildman–Crippen LogP) is 2.34. The first-order valence-corrected chi connectivity index (χ1v) is 7.02. The van der Waals surface area contributed by atoms with E-state index in [1.165, 1.54) is 18.3 Å². The number of hydrogen-bond donors (Lipinski definition) is 4. The van der Waals surface area contributed by atoms with Crippen molar-refractivity contribution < 1.29 is 19.8 Å². The SMILES string of the molecule is O=C(NN=Cc1ccccc1O)c1cc2cccc(C(=O)O)c2[nH]1. The number of phenols is 1. The number of carboxylic acids is 1. The van der Waals surface area contributed by atoms with Crippen molar-refractivity contribution in [3.05, 3.63) is 65.4 Å². The van der Waals surface area contributed by atoms with E-state index in [0.29, 0.717) is 16.5 Å². The molecule has 0 unspecified atom stereocenters. The van der Waals surface area contributed by atoms with Crippen LogP contribution >= 0.6 is 0 Å². The third-order valence-electron chi connectivity index (χ3n) is 3.44. The van der Waals surface area contributed by atoms with Crippen molar-refractivity contribution in [2.75, 3.05) is 0 Å². The summed E-state index contributed by atoms with van der Waals surface area (Å²) in [7, 11) is 0. The molecule has 0 aliphatic carbocycles. The Kier molecular flexibility index (Phi) is 3.98. The molecule has 0 radical (unpaired) electrons. The highest BCUT2D eigenvalue weighted by atomic mass is 16.4. The molecule has 7 heteroatoms. The molecular weight excluding hydrogens is 310 g/mol. The standard InChI is InChI=1S/C17H13N3O4/c21-14-7-2-1-4-11(14)9-18-20-16(22)13-8-10-5-3-6-12(17(23)24)15(10)19-13/h1-9,19,21H,(H,20,22)(H,23,24). The molecule has 4 N–H and O–H groups in total. The van der Waals surface area contributed by atoms with Crippen LogP contribution in [0.5, 0.6) is 5.75 Å². The van der Waals surface area contributed by atoms with E-state index in [-0.39, 0.29) is 17.0 Å². The number of fused-ring (bicyclic) bond motifs is 1. The number of H-pyrrole nitrogens is 1. The topological polar surface area (TPSA) is 115 Å². The van der Waals surface area contributed by atoms with Crippen LogP contribution in [0.15, 0.2) is 53.6 Å². The van der Waals surface area contributed by atoms with E-state index < -0.39 is 11.9 Å². The van der Waals surface area contributed by atoms with Crippen LogP contribution in [0, 0.1) is 0 Å². The number of carboxylic acid groups (broad SMARTS) is 1. The number of phenolic OH excluding ortho intramolecular Hbond substituents is 1. The van der Waals surface area contributed by atoms with Crippen LogP contribution in [0.25, 0.3) is 10.9 Å². The van der Waals surface area contributed by atoms with Crippen molar-refractivity contribution in [1.29, 1.82) is 0 Å². The number of nitrogens with zero attached hydrogens (tertiary/aromatic N) is 1. The number of para-hydroxylation sites is 2. The number of hydrazone groups is 1. The quantitative estimate of drug-likeness (QED) is 0.436. The maximum atomic E-state index is 12.1. The molecule has 1 amide bonds. The van der Waals surface area contributed by atoms with Crippen molar-refractivity contribution in [2.24, 2.45) is 5.10 Å². The van der Waals surface area contributed by atoms with Gasteiger partial charge in [0, 0.05) is 10.9 Å². The Morgan fingerprint density at radius 2 is 1.92 bits per heavy atom. The summed E-state index contributed by atoms with van der Waals surface area (Å²) in [6.45, 7) is 0. The van der Waals surface area contributed by atoms with Gasteiger partial charge in [0.1, 0.15) is 11.4 Å². The highest BCUT2D eigenvalue weighted by Gasteiger charge is 2.14. The fourth-order valence-corrected chi connectivity index (χ4v) is 2.27. The summed E-state index contributed by atoms with van der Waals surface area (Å²) >= 11 is 0. The summed E-state index contributed by atoms with van der Waals surface area (Å²) in [5, 5.41) is 23.2. The summed E-state index contributed by atoms with van der Waals surface area (Å²) in [6.07, 6.45) is 1.32. The van der Waals surface area contributed by atoms with Crippen LogP contribution in [-0.2, 0) is 0 Å². The van der Waals surface area contributed by atoms with Gasteiger partial charge in [-0.2, -0.15) is 5.10 Å². The smallest absolute Gasteiger partial charge is 0.337 e. The van der Waals surface area contributed by atoms with Gasteiger partial charge in [-0.15, -0.1) is 0 Å². The molecule has 0 bridgehead atoms. The Morgan fingerprint density at radius 3 is 2.67 bits per heavy atom. The summed E-state index contributed by atoms with van der Waals surface area (Å²) in [5.74, 6) is -1.55. The monoisotopic (exact) mass is 323 g/mol. The Labute approximate surface area is 136 Å². The first-order valence-electron chi connectivity index (χ1n) is 7.02. The van der Waals surface area contributed by atoms with Crippen LogP contribution in [0.3, 0.4) is 0 Å². The lowest BCUT2D eigenvalue weighted by atomic mass is 10.1. The van der Waals surface area contributed by atoms with Gasteiger partial charge in [-0.25, -0.2) is 10.2 Å². The van der Waals surface area contributed by atoms with E-state index in [2.05, 4.69) is 15.5 Å². The number of aromatic carboxylic acids is 1. The molecule has 0 saturated carbocycles. The number of carbonyl (C=O) groups is 2. The van der Waals surface area contributed by atoms with Crippen LogP contribution in [-0.4, -0.2) is 33.3 Å². The number of aromatic hydroxyl groups is 1. The van der Waals surface area contributed by atoms with Crippen molar-refractivity contribution in [3.8, 4) is 5.75 Å². The molecule has 0 spiro atoms. The van der Waals surface area contributed by atoms with Crippen LogP contribution in [0.2, 0.25) is 0 Å². The number of carbonyl (C=O) groups excluding carboxylic acids is 1. The summed E-state index contributed by atoms with van der Waals surface area (Å²) < 4.78 is 0. The number of nitrogens with one attached hydrogen (secondary N) is 2. The molecule has 2 aromatic carbocycles. The number of amides is 1. The second-order valence-corrected chi connectivity index (χ2v) is 5.02. The number of benzene rings is 2. The zero-order valence-electron chi connectivity index (χ0n) is 12.4. The van der Waals surface area contributed by atoms with E-state index in [4.69, 9.17) is 5.11 Å². The van der Waals surface area contributed by atoms with E-state index >= 15 is 0 Å². The molecule has 0 fully saturated rings. The average Bonchev–Trinajstić information content (AvgIpc) is 3.00. The Bertz CT molecular complexity index is 959. The molecular formula is C17H13N3O4. The molecule has 0 aliphatic rings. The van der Waals surface area contributed by atoms with Crippen molar-refractivity contribution in [1.82, 2.24) is 10.4 Å². The highest BCUT2D eigenvalue weighted by Crippen LogP contribution is 2.19. The van der Waals surface area contributed by atoms with Gasteiger partial charge in [-0.05, 0) is 24.3 Å². The molecule has 3 aromatic rings. The van der Waals surface area contributed by atoms with Crippen molar-refractivity contribution in [2.45, 2.75) is 0 Å². The first kappa shape index (κ1) is 15.3. The fraction of sp³-hybridized carbons (Fsp3) is 0. The van der Waals surface area contributed by atoms with Gasteiger partial charge in [0.15, 0.2) is 0 Å². The molecule has 1 heterocycles. The molecule has 1 aromatic heterocycles. The third kappa shape index (κ3) is 2.95. The predicted molar refractivity (Wildman–Crippen MR) is 88.4 cm³/mol. The normalized spacial score (nSPS) is 11.0. The van der Waals surface area contributed by atoms with Gasteiger partial charge < -0.3 is 15.2 Å². The Hall–Kier alpha value is -3.61. The second-order valence-electron chi connectivity index (χ2n) is 5.02. The van der Waals surface area contributed by atoms with Gasteiger partial charge in [-0.3, -0.25) is 4.79 Å². The fourth-order valence-electron chi connectivity index (χ4n) is 2.27. The Morgan fingerprint density at radius 1 is 1.12 bits per heavy atom. The average molecular weight is 323 g/mol. The highest BCUT2D eigenvalue weighted by molar-refractivity contribution is 6.05. The van der Waals surface area contributed by atoms with Crippen LogP contribution in [0.4, 0.5) is 0 Å². The Balaban J connectivity index is 1.81. The molecule has 0 saturated heterocycles. The molecule has 0 aliphatic heterocycles. The minimum Gasteiger partial charge on any atom is -0.507 e. The van der Waals surface area contributed by atoms with E-state index in [0.717, 1.165) is 0 Å². The van der Waals surface area contributed by atoms with Gasteiger partial charge in [-0.1, -0.05) is 24.3 Å². The van der Waals surface area contributed by atoms with Gasteiger partial charge in [0.05, 0.1) is 17.3 Å². The maximum Gasteiger partial charge on any atom is 0.337 e. The summed E-state index contributed by atoms with van der Waals surface area (Å²) in [4.78, 5) is 26.1. The number of aromatic nitrogens is 1. The van der Waals surface area contributed by atoms with E-state index in [9.17, 15) is 14.7 Å². The molecule has 3 rings (SSSR count). The minimum absolute atomic E-state index is 0.0483. The second kappa shape index (κ2) is 6.25. The maximum absolute atomic E-state index is 12.1. The first-order chi connectivity index (χ1) is 11.6. The number of hydrogen-bond acceptors (Lipinski definition) is 4. The van der Waals surface area contributed by atoms with E-state index in [1.54, 1.807) is 36.4 Å². The molecule has 24 heavy (non-hydrogen) atoms. The lowest BCUT2D eigenvalue weighted by Gasteiger charge is -1.98. The van der Waals surface area contributed by atoms with Crippen molar-refractivity contribution in [3.63, 3.8) is 0 Å². The molecule has 7 nitrogen and oxygen atoms in total. The van der Waals surface area contributed by atoms with Crippen LogP contribution in [0.1, 0.15) is 26.4 Å². The lowest BCUT2D eigenvalue weighted by Crippen LogP contribution is -2.17. The third-order valence-corrected chi connectivity index (χ3v) is 3.44. The largest absolute Gasteiger partial charge is 0.507 e. The van der Waals surface area contributed by atoms with Crippen molar-refractivity contribution >= 4 is 29.0 Å². The van der Waals surface area contributed by atoms with Gasteiger partial charge in [0.25, 0.3) is 5.91 Å². The minimum atomic E-state index is -1.08. The van der Waals surface area contributed by atoms with Crippen LogP contribution < -0.4 is 5.43 Å². The van der Waals surface area contributed by atoms with E-state index in [1.807, 2.05) is 0 Å². The van der Waals surface area contributed by atoms with Gasteiger partial charge >= 0.3 is 5.97 Å². The summed E-state index contributed by atoms with van der Waals surface area (Å²) in [5.41, 5.74) is 3.44. The number of aromatic amines is 1. The zero-order chi connectivity index (χ0) is 17.1.